The summed E-state index contributed by atoms with van der Waals surface area (Å²) in [5, 5.41) is 14.9. The third kappa shape index (κ3) is 2.71. The summed E-state index contributed by atoms with van der Waals surface area (Å²) < 4.78 is 0. The number of rotatable bonds is 2. The molecule has 0 atom stereocenters. The predicted molar refractivity (Wildman–Crippen MR) is 73.1 cm³/mol. The van der Waals surface area contributed by atoms with Crippen LogP contribution in [0.15, 0.2) is 5.16 Å². The largest absolute Gasteiger partial charge is 0.409 e. The van der Waals surface area contributed by atoms with E-state index in [2.05, 4.69) is 10.5 Å². The van der Waals surface area contributed by atoms with Crippen LogP contribution in [0.25, 0.3) is 0 Å². The molecule has 2 rings (SSSR count). The lowest BCUT2D eigenvalue weighted by Gasteiger charge is -2.38. The Hall–Kier alpha value is -1.79. The topological polar surface area (TPSA) is 108 Å². The highest BCUT2D eigenvalue weighted by atomic mass is 16.4. The van der Waals surface area contributed by atoms with Crippen molar-refractivity contribution in [3.63, 3.8) is 0 Å². The van der Waals surface area contributed by atoms with Crippen LogP contribution in [0, 0.1) is 5.41 Å². The Labute approximate surface area is 118 Å². The van der Waals surface area contributed by atoms with E-state index in [0.29, 0.717) is 25.9 Å². The Morgan fingerprint density at radius 3 is 2.65 bits per heavy atom. The maximum atomic E-state index is 12.8. The second kappa shape index (κ2) is 6.11. The molecule has 0 aromatic rings. The van der Waals surface area contributed by atoms with Crippen LogP contribution in [-0.2, 0) is 9.59 Å². The van der Waals surface area contributed by atoms with Crippen LogP contribution in [-0.4, -0.2) is 47.4 Å². The SMILES string of the molecule is NC(=NO)C1(C(=O)N2CCCNC(=O)C2)CCCCC1. The molecule has 0 bridgehead atoms. The number of carbonyl (C=O) groups is 2. The summed E-state index contributed by atoms with van der Waals surface area (Å²) in [4.78, 5) is 26.0. The van der Waals surface area contributed by atoms with Gasteiger partial charge in [0.1, 0.15) is 5.41 Å². The number of amides is 2. The molecule has 2 aliphatic rings. The Bertz CT molecular complexity index is 416. The van der Waals surface area contributed by atoms with Gasteiger partial charge in [-0.25, -0.2) is 0 Å². The van der Waals surface area contributed by atoms with Crippen molar-refractivity contribution < 1.29 is 14.8 Å². The third-order valence-electron chi connectivity index (χ3n) is 4.26. The molecule has 1 saturated heterocycles. The lowest BCUT2D eigenvalue weighted by molar-refractivity contribution is -0.142. The van der Waals surface area contributed by atoms with Gasteiger partial charge in [-0.05, 0) is 19.3 Å². The second-order valence-corrected chi connectivity index (χ2v) is 5.56. The van der Waals surface area contributed by atoms with Gasteiger partial charge in [-0.1, -0.05) is 24.4 Å². The summed E-state index contributed by atoms with van der Waals surface area (Å²) in [6, 6.07) is 0. The van der Waals surface area contributed by atoms with E-state index in [9.17, 15) is 9.59 Å². The van der Waals surface area contributed by atoms with Crippen LogP contribution in [0.3, 0.4) is 0 Å². The highest BCUT2D eigenvalue weighted by Gasteiger charge is 2.46. The molecule has 20 heavy (non-hydrogen) atoms. The molecule has 0 radical (unpaired) electrons. The number of oxime groups is 1. The molecule has 0 aromatic heterocycles. The van der Waals surface area contributed by atoms with E-state index < -0.39 is 5.41 Å². The molecule has 1 saturated carbocycles. The lowest BCUT2D eigenvalue weighted by Crippen LogP contribution is -2.53. The number of nitrogens with one attached hydrogen (secondary N) is 1. The Morgan fingerprint density at radius 2 is 2.00 bits per heavy atom. The van der Waals surface area contributed by atoms with Gasteiger partial charge in [0.25, 0.3) is 0 Å². The van der Waals surface area contributed by atoms with Gasteiger partial charge in [0.05, 0.1) is 6.54 Å². The van der Waals surface area contributed by atoms with Crippen molar-refractivity contribution in [2.75, 3.05) is 19.6 Å². The first-order valence-electron chi connectivity index (χ1n) is 7.14. The van der Waals surface area contributed by atoms with Crippen molar-refractivity contribution in [3.05, 3.63) is 0 Å². The normalized spacial score (nSPS) is 23.9. The molecular formula is C13H22N4O3. The van der Waals surface area contributed by atoms with Gasteiger partial charge in [0.15, 0.2) is 5.84 Å². The van der Waals surface area contributed by atoms with Gasteiger partial charge >= 0.3 is 0 Å². The quantitative estimate of drug-likeness (QED) is 0.287. The third-order valence-corrected chi connectivity index (χ3v) is 4.26. The Morgan fingerprint density at radius 1 is 1.30 bits per heavy atom. The maximum absolute atomic E-state index is 12.8. The van der Waals surface area contributed by atoms with Crippen molar-refractivity contribution in [3.8, 4) is 0 Å². The summed E-state index contributed by atoms with van der Waals surface area (Å²) in [6.07, 6.45) is 4.70. The molecule has 7 heteroatoms. The summed E-state index contributed by atoms with van der Waals surface area (Å²) in [6.45, 7) is 1.16. The number of amidine groups is 1. The van der Waals surface area contributed by atoms with Crippen molar-refractivity contribution >= 4 is 17.6 Å². The van der Waals surface area contributed by atoms with Crippen LogP contribution in [0.5, 0.6) is 0 Å². The summed E-state index contributed by atoms with van der Waals surface area (Å²) >= 11 is 0. The first kappa shape index (κ1) is 14.6. The minimum absolute atomic E-state index is 0.0214. The fraction of sp³-hybridized carbons (Fsp3) is 0.769. The predicted octanol–water partition coefficient (Wildman–Crippen LogP) is 0.0318. The number of hydrogen-bond donors (Lipinski definition) is 3. The molecule has 4 N–H and O–H groups in total. The molecular weight excluding hydrogens is 260 g/mol. The fourth-order valence-corrected chi connectivity index (χ4v) is 3.11. The van der Waals surface area contributed by atoms with Gasteiger partial charge < -0.3 is 21.2 Å². The van der Waals surface area contributed by atoms with Gasteiger partial charge in [-0.2, -0.15) is 0 Å². The molecule has 1 aliphatic heterocycles. The minimum Gasteiger partial charge on any atom is -0.409 e. The molecule has 2 amide bonds. The zero-order chi connectivity index (χ0) is 14.6. The van der Waals surface area contributed by atoms with E-state index in [1.54, 1.807) is 4.90 Å². The van der Waals surface area contributed by atoms with Crippen LogP contribution in [0.2, 0.25) is 0 Å². The van der Waals surface area contributed by atoms with Gasteiger partial charge in [-0.15, -0.1) is 0 Å². The molecule has 7 nitrogen and oxygen atoms in total. The summed E-state index contributed by atoms with van der Waals surface area (Å²) in [7, 11) is 0. The van der Waals surface area contributed by atoms with Crippen LogP contribution in [0.4, 0.5) is 0 Å². The first-order valence-corrected chi connectivity index (χ1v) is 7.14. The molecule has 0 unspecified atom stereocenters. The van der Waals surface area contributed by atoms with E-state index in [1.807, 2.05) is 0 Å². The second-order valence-electron chi connectivity index (χ2n) is 5.56. The van der Waals surface area contributed by atoms with Crippen molar-refractivity contribution in [1.29, 1.82) is 0 Å². The monoisotopic (exact) mass is 282 g/mol. The minimum atomic E-state index is -0.933. The van der Waals surface area contributed by atoms with E-state index >= 15 is 0 Å². The molecule has 1 aliphatic carbocycles. The van der Waals surface area contributed by atoms with Crippen LogP contribution < -0.4 is 11.1 Å². The van der Waals surface area contributed by atoms with Gasteiger partial charge in [-0.3, -0.25) is 9.59 Å². The molecule has 0 spiro atoms. The Balaban J connectivity index is 2.23. The molecule has 1 heterocycles. The summed E-state index contributed by atoms with van der Waals surface area (Å²) in [5.41, 5.74) is 4.88. The average Bonchev–Trinajstić information content (AvgIpc) is 2.70. The van der Waals surface area contributed by atoms with Crippen molar-refractivity contribution in [1.82, 2.24) is 10.2 Å². The standard InChI is InChI=1S/C13H22N4O3/c14-11(16-20)13(5-2-1-3-6-13)12(19)17-8-4-7-15-10(18)9-17/h20H,1-9H2,(H2,14,16)(H,15,18). The highest BCUT2D eigenvalue weighted by molar-refractivity contribution is 6.07. The highest BCUT2D eigenvalue weighted by Crippen LogP contribution is 2.38. The Kier molecular flexibility index (Phi) is 4.46. The van der Waals surface area contributed by atoms with Gasteiger partial charge in [0.2, 0.25) is 11.8 Å². The van der Waals surface area contributed by atoms with E-state index in [0.717, 1.165) is 25.7 Å². The maximum Gasteiger partial charge on any atom is 0.239 e. The van der Waals surface area contributed by atoms with Crippen molar-refractivity contribution in [2.24, 2.45) is 16.3 Å². The molecule has 0 aromatic carbocycles. The van der Waals surface area contributed by atoms with E-state index in [-0.39, 0.29) is 24.2 Å². The number of carbonyl (C=O) groups excluding carboxylic acids is 2. The lowest BCUT2D eigenvalue weighted by atomic mass is 9.72. The average molecular weight is 282 g/mol. The smallest absolute Gasteiger partial charge is 0.239 e. The molecule has 112 valence electrons. The van der Waals surface area contributed by atoms with Gasteiger partial charge in [0, 0.05) is 13.1 Å². The first-order chi connectivity index (χ1) is 9.60. The van der Waals surface area contributed by atoms with E-state index in [4.69, 9.17) is 10.9 Å². The molecule has 2 fully saturated rings. The number of nitrogens with zero attached hydrogens (tertiary/aromatic N) is 2. The number of hydrogen-bond acceptors (Lipinski definition) is 4. The van der Waals surface area contributed by atoms with Crippen molar-refractivity contribution in [2.45, 2.75) is 38.5 Å². The zero-order valence-corrected chi connectivity index (χ0v) is 11.6. The zero-order valence-electron chi connectivity index (χ0n) is 11.6. The van der Waals surface area contributed by atoms with Crippen LogP contribution >= 0.6 is 0 Å². The fourth-order valence-electron chi connectivity index (χ4n) is 3.11. The summed E-state index contributed by atoms with van der Waals surface area (Å²) in [5.74, 6) is -0.349. The number of nitrogens with two attached hydrogens (primary N) is 1. The van der Waals surface area contributed by atoms with Crippen LogP contribution in [0.1, 0.15) is 38.5 Å². The van der Waals surface area contributed by atoms with E-state index in [1.165, 1.54) is 0 Å².